The number of ether oxygens (including phenoxy) is 1. The van der Waals surface area contributed by atoms with E-state index >= 15 is 0 Å². The predicted molar refractivity (Wildman–Crippen MR) is 82.5 cm³/mol. The van der Waals surface area contributed by atoms with E-state index in [0.29, 0.717) is 6.54 Å². The molecule has 0 spiro atoms. The highest BCUT2D eigenvalue weighted by Crippen LogP contribution is 2.11. The van der Waals surface area contributed by atoms with Crippen LogP contribution in [0.2, 0.25) is 0 Å². The van der Waals surface area contributed by atoms with Gasteiger partial charge >= 0.3 is 0 Å². The van der Waals surface area contributed by atoms with Gasteiger partial charge in [-0.15, -0.1) is 0 Å². The summed E-state index contributed by atoms with van der Waals surface area (Å²) in [5, 5.41) is 12.0. The number of nitrogens with zero attached hydrogens (tertiary/aromatic N) is 2. The second-order valence-corrected chi connectivity index (χ2v) is 5.39. The SMILES string of the molecule is CCCCN(/C=C(/C#N)C(=O)NCC1CCCO1)CCC. The van der Waals surface area contributed by atoms with E-state index in [4.69, 9.17) is 4.74 Å². The molecular formula is C16H27N3O2. The van der Waals surface area contributed by atoms with Crippen LogP contribution in [0.4, 0.5) is 0 Å². The first-order valence-electron chi connectivity index (χ1n) is 7.97. The summed E-state index contributed by atoms with van der Waals surface area (Å²) in [5.41, 5.74) is 0.178. The van der Waals surface area contributed by atoms with Gasteiger partial charge in [0.05, 0.1) is 6.10 Å². The quantitative estimate of drug-likeness (QED) is 0.523. The first kappa shape index (κ1) is 17.5. The van der Waals surface area contributed by atoms with E-state index < -0.39 is 0 Å². The minimum atomic E-state index is -0.300. The second kappa shape index (κ2) is 10.2. The number of hydrogen-bond donors (Lipinski definition) is 1. The maximum absolute atomic E-state index is 12.1. The topological polar surface area (TPSA) is 65.4 Å². The molecule has 1 atom stereocenters. The lowest BCUT2D eigenvalue weighted by atomic mass is 10.2. The summed E-state index contributed by atoms with van der Waals surface area (Å²) in [6, 6.07) is 2.01. The zero-order valence-electron chi connectivity index (χ0n) is 13.2. The van der Waals surface area contributed by atoms with Crippen molar-refractivity contribution in [2.24, 2.45) is 0 Å². The molecule has 0 saturated carbocycles. The van der Waals surface area contributed by atoms with Gasteiger partial charge in [0.25, 0.3) is 5.91 Å². The van der Waals surface area contributed by atoms with Crippen molar-refractivity contribution in [2.75, 3.05) is 26.2 Å². The molecule has 21 heavy (non-hydrogen) atoms. The minimum absolute atomic E-state index is 0.0979. The van der Waals surface area contributed by atoms with Crippen molar-refractivity contribution in [1.29, 1.82) is 5.26 Å². The average Bonchev–Trinajstić information content (AvgIpc) is 3.01. The van der Waals surface area contributed by atoms with Crippen molar-refractivity contribution in [3.05, 3.63) is 11.8 Å². The molecule has 1 unspecified atom stereocenters. The smallest absolute Gasteiger partial charge is 0.263 e. The normalized spacial score (nSPS) is 18.3. The molecule has 5 heteroatoms. The molecule has 118 valence electrons. The largest absolute Gasteiger partial charge is 0.376 e. The van der Waals surface area contributed by atoms with E-state index in [1.54, 1.807) is 6.20 Å². The maximum atomic E-state index is 12.1. The van der Waals surface area contributed by atoms with Crippen molar-refractivity contribution in [3.63, 3.8) is 0 Å². The predicted octanol–water partition coefficient (Wildman–Crippen LogP) is 2.20. The van der Waals surface area contributed by atoms with Gasteiger partial charge in [0.2, 0.25) is 0 Å². The standard InChI is InChI=1S/C16H27N3O2/c1-3-5-9-19(8-4-2)13-14(11-17)16(20)18-12-15-7-6-10-21-15/h13,15H,3-10,12H2,1-2H3,(H,18,20)/b14-13-. The number of hydrogen-bond acceptors (Lipinski definition) is 4. The zero-order chi connectivity index (χ0) is 15.5. The number of nitrogens with one attached hydrogen (secondary N) is 1. The van der Waals surface area contributed by atoms with E-state index in [1.807, 2.05) is 6.07 Å². The van der Waals surface area contributed by atoms with E-state index in [1.165, 1.54) is 0 Å². The molecule has 1 aliphatic rings. The van der Waals surface area contributed by atoms with Crippen molar-refractivity contribution in [1.82, 2.24) is 10.2 Å². The van der Waals surface area contributed by atoms with Crippen LogP contribution in [0.15, 0.2) is 11.8 Å². The fourth-order valence-corrected chi connectivity index (χ4v) is 2.32. The van der Waals surface area contributed by atoms with Gasteiger partial charge in [0, 0.05) is 32.4 Å². The summed E-state index contributed by atoms with van der Waals surface area (Å²) in [6.07, 6.45) is 6.97. The third-order valence-electron chi connectivity index (χ3n) is 3.50. The second-order valence-electron chi connectivity index (χ2n) is 5.39. The lowest BCUT2D eigenvalue weighted by Gasteiger charge is -2.20. The van der Waals surface area contributed by atoms with Crippen LogP contribution in [0.1, 0.15) is 46.0 Å². The molecule has 0 bridgehead atoms. The molecule has 0 aromatic rings. The Hall–Kier alpha value is -1.54. The summed E-state index contributed by atoms with van der Waals surface area (Å²) in [4.78, 5) is 14.1. The number of unbranched alkanes of at least 4 members (excludes halogenated alkanes) is 1. The van der Waals surface area contributed by atoms with Crippen LogP contribution >= 0.6 is 0 Å². The van der Waals surface area contributed by atoms with Crippen molar-refractivity contribution < 1.29 is 9.53 Å². The molecule has 1 saturated heterocycles. The Morgan fingerprint density at radius 2 is 2.24 bits per heavy atom. The van der Waals surface area contributed by atoms with Gasteiger partial charge in [-0.25, -0.2) is 0 Å². The third-order valence-corrected chi connectivity index (χ3v) is 3.50. The van der Waals surface area contributed by atoms with Crippen LogP contribution in [-0.2, 0) is 9.53 Å². The highest BCUT2D eigenvalue weighted by Gasteiger charge is 2.18. The highest BCUT2D eigenvalue weighted by atomic mass is 16.5. The van der Waals surface area contributed by atoms with Gasteiger partial charge < -0.3 is 15.0 Å². The molecule has 0 aromatic heterocycles. The summed E-state index contributed by atoms with van der Waals surface area (Å²) < 4.78 is 5.46. The molecule has 1 fully saturated rings. The van der Waals surface area contributed by atoms with Gasteiger partial charge in [0.1, 0.15) is 11.6 Å². The molecule has 1 heterocycles. The van der Waals surface area contributed by atoms with Crippen molar-refractivity contribution >= 4 is 5.91 Å². The molecule has 0 aromatic carbocycles. The van der Waals surface area contributed by atoms with Gasteiger partial charge in [-0.3, -0.25) is 4.79 Å². The van der Waals surface area contributed by atoms with Gasteiger partial charge in [-0.05, 0) is 25.7 Å². The van der Waals surface area contributed by atoms with Crippen molar-refractivity contribution in [3.8, 4) is 6.07 Å². The Morgan fingerprint density at radius 1 is 1.43 bits per heavy atom. The maximum Gasteiger partial charge on any atom is 0.263 e. The van der Waals surface area contributed by atoms with E-state index in [-0.39, 0.29) is 17.6 Å². The van der Waals surface area contributed by atoms with E-state index in [9.17, 15) is 10.1 Å². The van der Waals surface area contributed by atoms with Crippen LogP contribution in [0.25, 0.3) is 0 Å². The highest BCUT2D eigenvalue weighted by molar-refractivity contribution is 5.97. The Morgan fingerprint density at radius 3 is 2.81 bits per heavy atom. The summed E-state index contributed by atoms with van der Waals surface area (Å²) in [7, 11) is 0. The van der Waals surface area contributed by atoms with E-state index in [2.05, 4.69) is 24.1 Å². The van der Waals surface area contributed by atoms with Crippen LogP contribution in [0, 0.1) is 11.3 Å². The lowest BCUT2D eigenvalue weighted by Crippen LogP contribution is -2.33. The van der Waals surface area contributed by atoms with Crippen molar-refractivity contribution in [2.45, 2.75) is 52.1 Å². The number of carbonyl (C=O) groups excluding carboxylic acids is 1. The monoisotopic (exact) mass is 293 g/mol. The average molecular weight is 293 g/mol. The van der Waals surface area contributed by atoms with Crippen LogP contribution in [0.3, 0.4) is 0 Å². The molecule has 1 amide bonds. The summed E-state index contributed by atoms with van der Waals surface area (Å²) in [6.45, 7) is 7.23. The van der Waals surface area contributed by atoms with Crippen LogP contribution in [0.5, 0.6) is 0 Å². The summed E-state index contributed by atoms with van der Waals surface area (Å²) in [5.74, 6) is -0.300. The minimum Gasteiger partial charge on any atom is -0.376 e. The first-order chi connectivity index (χ1) is 10.2. The van der Waals surface area contributed by atoms with E-state index in [0.717, 1.165) is 51.8 Å². The number of amides is 1. The fraction of sp³-hybridized carbons (Fsp3) is 0.750. The zero-order valence-corrected chi connectivity index (χ0v) is 13.2. The Bertz CT molecular complexity index is 381. The molecule has 1 rings (SSSR count). The lowest BCUT2D eigenvalue weighted by molar-refractivity contribution is -0.117. The molecule has 0 aliphatic carbocycles. The van der Waals surface area contributed by atoms with Gasteiger partial charge in [-0.2, -0.15) is 5.26 Å². The molecule has 0 radical (unpaired) electrons. The molecule has 1 aliphatic heterocycles. The third kappa shape index (κ3) is 6.63. The molecule has 1 N–H and O–H groups in total. The number of nitriles is 1. The number of rotatable bonds is 9. The summed E-state index contributed by atoms with van der Waals surface area (Å²) >= 11 is 0. The Kier molecular flexibility index (Phi) is 8.53. The fourth-order valence-electron chi connectivity index (χ4n) is 2.32. The van der Waals surface area contributed by atoms with Crippen LogP contribution in [-0.4, -0.2) is 43.2 Å². The van der Waals surface area contributed by atoms with Gasteiger partial charge in [-0.1, -0.05) is 20.3 Å². The Labute approximate surface area is 127 Å². The molecule has 5 nitrogen and oxygen atoms in total. The first-order valence-corrected chi connectivity index (χ1v) is 7.97. The Balaban J connectivity index is 2.53. The van der Waals surface area contributed by atoms with Crippen LogP contribution < -0.4 is 5.32 Å². The number of carbonyl (C=O) groups is 1. The molecular weight excluding hydrogens is 266 g/mol. The van der Waals surface area contributed by atoms with Gasteiger partial charge in [0.15, 0.2) is 0 Å².